The standard InChI is InChI=1S/C20H21F3N2O2S/c1-19(2)11-16(15-10-14(26-3)7-8-17(15)27-19)25-18(28)24-13-6-4-5-12(9-13)20(21,22)23/h4-10,16H,11H2,1-3H3,(H2,24,25,28)/t16-/m1/s1. The van der Waals surface area contributed by atoms with Crippen molar-refractivity contribution in [1.29, 1.82) is 0 Å². The molecule has 4 nitrogen and oxygen atoms in total. The normalized spacial score (nSPS) is 17.9. The minimum Gasteiger partial charge on any atom is -0.497 e. The van der Waals surface area contributed by atoms with Gasteiger partial charge in [0.15, 0.2) is 5.11 Å². The van der Waals surface area contributed by atoms with Crippen molar-refractivity contribution in [2.45, 2.75) is 38.1 Å². The third kappa shape index (κ3) is 4.67. The van der Waals surface area contributed by atoms with Gasteiger partial charge in [-0.1, -0.05) is 6.07 Å². The highest BCUT2D eigenvalue weighted by atomic mass is 32.1. The molecule has 1 atom stereocenters. The van der Waals surface area contributed by atoms with E-state index in [1.165, 1.54) is 12.1 Å². The number of anilines is 1. The molecule has 150 valence electrons. The van der Waals surface area contributed by atoms with E-state index in [9.17, 15) is 13.2 Å². The smallest absolute Gasteiger partial charge is 0.416 e. The summed E-state index contributed by atoms with van der Waals surface area (Å²) in [5, 5.41) is 6.26. The quantitative estimate of drug-likeness (QED) is 0.672. The summed E-state index contributed by atoms with van der Waals surface area (Å²) in [5.74, 6) is 1.40. The van der Waals surface area contributed by atoms with Crippen LogP contribution in [0, 0.1) is 0 Å². The second kappa shape index (κ2) is 7.50. The fourth-order valence-electron chi connectivity index (χ4n) is 3.19. The number of hydrogen-bond acceptors (Lipinski definition) is 3. The van der Waals surface area contributed by atoms with Crippen LogP contribution in [0.5, 0.6) is 11.5 Å². The van der Waals surface area contributed by atoms with Gasteiger partial charge in [0.2, 0.25) is 0 Å². The first-order valence-corrected chi connectivity index (χ1v) is 9.10. The van der Waals surface area contributed by atoms with Gasteiger partial charge < -0.3 is 20.1 Å². The largest absolute Gasteiger partial charge is 0.497 e. The molecule has 0 saturated heterocycles. The summed E-state index contributed by atoms with van der Waals surface area (Å²) in [5.41, 5.74) is -0.00982. The highest BCUT2D eigenvalue weighted by Gasteiger charge is 2.34. The zero-order chi connectivity index (χ0) is 20.5. The average molecular weight is 410 g/mol. The van der Waals surface area contributed by atoms with Gasteiger partial charge in [-0.25, -0.2) is 0 Å². The van der Waals surface area contributed by atoms with Gasteiger partial charge in [-0.2, -0.15) is 13.2 Å². The molecule has 0 unspecified atom stereocenters. The number of hydrogen-bond donors (Lipinski definition) is 2. The summed E-state index contributed by atoms with van der Waals surface area (Å²) in [6.45, 7) is 3.94. The maximum absolute atomic E-state index is 12.9. The molecule has 3 rings (SSSR count). The molecule has 0 aromatic heterocycles. The SMILES string of the molecule is COc1ccc2c(c1)[C@H](NC(=S)Nc1cccc(C(F)(F)F)c1)CC(C)(C)O2. The maximum Gasteiger partial charge on any atom is 0.416 e. The fraction of sp³-hybridized carbons (Fsp3) is 0.350. The van der Waals surface area contributed by atoms with Crippen LogP contribution in [0.15, 0.2) is 42.5 Å². The molecule has 0 radical (unpaired) electrons. The fourth-order valence-corrected chi connectivity index (χ4v) is 3.45. The number of fused-ring (bicyclic) bond motifs is 1. The highest BCUT2D eigenvalue weighted by Crippen LogP contribution is 2.41. The second-order valence-electron chi connectivity index (χ2n) is 7.20. The first kappa shape index (κ1) is 20.3. The first-order chi connectivity index (χ1) is 13.1. The topological polar surface area (TPSA) is 42.5 Å². The van der Waals surface area contributed by atoms with Gasteiger partial charge in [0, 0.05) is 17.7 Å². The van der Waals surface area contributed by atoms with E-state index in [2.05, 4.69) is 10.6 Å². The van der Waals surface area contributed by atoms with Crippen LogP contribution in [0.25, 0.3) is 0 Å². The molecule has 0 saturated carbocycles. The molecule has 2 N–H and O–H groups in total. The zero-order valence-electron chi connectivity index (χ0n) is 15.7. The van der Waals surface area contributed by atoms with Gasteiger partial charge >= 0.3 is 6.18 Å². The highest BCUT2D eigenvalue weighted by molar-refractivity contribution is 7.80. The number of alkyl halides is 3. The molecular formula is C20H21F3N2O2S. The van der Waals surface area contributed by atoms with E-state index in [0.29, 0.717) is 12.2 Å². The molecule has 8 heteroatoms. The Bertz CT molecular complexity index is 884. The van der Waals surface area contributed by atoms with Crippen LogP contribution < -0.4 is 20.1 Å². The van der Waals surface area contributed by atoms with E-state index in [1.807, 2.05) is 32.0 Å². The van der Waals surface area contributed by atoms with Crippen molar-refractivity contribution >= 4 is 23.0 Å². The lowest BCUT2D eigenvalue weighted by molar-refractivity contribution is -0.137. The van der Waals surface area contributed by atoms with E-state index < -0.39 is 17.3 Å². The lowest BCUT2D eigenvalue weighted by Crippen LogP contribution is -2.42. The molecule has 0 fully saturated rings. The van der Waals surface area contributed by atoms with E-state index in [1.54, 1.807) is 7.11 Å². The van der Waals surface area contributed by atoms with Crippen LogP contribution in [0.3, 0.4) is 0 Å². The molecule has 2 aromatic carbocycles. The van der Waals surface area contributed by atoms with Crippen LogP contribution in [-0.4, -0.2) is 17.8 Å². The third-order valence-corrected chi connectivity index (χ3v) is 4.65. The Morgan fingerprint density at radius 2 is 1.96 bits per heavy atom. The van der Waals surface area contributed by atoms with Crippen molar-refractivity contribution in [3.8, 4) is 11.5 Å². The summed E-state index contributed by atoms with van der Waals surface area (Å²) < 4.78 is 50.0. The molecular weight excluding hydrogens is 389 g/mol. The molecule has 1 heterocycles. The van der Waals surface area contributed by atoms with Gasteiger partial charge in [-0.3, -0.25) is 0 Å². The Balaban J connectivity index is 1.79. The summed E-state index contributed by atoms with van der Waals surface area (Å²) in [6.07, 6.45) is -3.79. The molecule has 1 aliphatic rings. The number of benzene rings is 2. The van der Waals surface area contributed by atoms with Crippen molar-refractivity contribution in [3.63, 3.8) is 0 Å². The van der Waals surface area contributed by atoms with Gasteiger partial charge in [-0.05, 0) is 62.5 Å². The van der Waals surface area contributed by atoms with E-state index in [4.69, 9.17) is 21.7 Å². The molecule has 2 aromatic rings. The lowest BCUT2D eigenvalue weighted by Gasteiger charge is -2.38. The Morgan fingerprint density at radius 1 is 1.21 bits per heavy atom. The number of nitrogens with one attached hydrogen (secondary N) is 2. The summed E-state index contributed by atoms with van der Waals surface area (Å²) in [6, 6.07) is 10.3. The lowest BCUT2D eigenvalue weighted by atomic mass is 9.89. The number of rotatable bonds is 3. The van der Waals surface area contributed by atoms with Crippen LogP contribution in [0.2, 0.25) is 0 Å². The van der Waals surface area contributed by atoms with E-state index >= 15 is 0 Å². The summed E-state index contributed by atoms with van der Waals surface area (Å²) in [4.78, 5) is 0. The van der Waals surface area contributed by atoms with Crippen molar-refractivity contribution < 1.29 is 22.6 Å². The number of methoxy groups -OCH3 is 1. The minimum absolute atomic E-state index is 0.181. The Morgan fingerprint density at radius 3 is 2.64 bits per heavy atom. The Hall–Kier alpha value is -2.48. The zero-order valence-corrected chi connectivity index (χ0v) is 16.5. The molecule has 0 spiro atoms. The summed E-state index contributed by atoms with van der Waals surface area (Å²) >= 11 is 5.34. The number of halogens is 3. The van der Waals surface area contributed by atoms with Crippen molar-refractivity contribution in [2.75, 3.05) is 12.4 Å². The monoisotopic (exact) mass is 410 g/mol. The summed E-state index contributed by atoms with van der Waals surface area (Å²) in [7, 11) is 1.58. The minimum atomic E-state index is -4.41. The van der Waals surface area contributed by atoms with Crippen LogP contribution >= 0.6 is 12.2 Å². The maximum atomic E-state index is 12.9. The molecule has 0 aliphatic carbocycles. The molecule has 1 aliphatic heterocycles. The molecule has 0 bridgehead atoms. The van der Waals surface area contributed by atoms with Gasteiger partial charge in [0.1, 0.15) is 17.1 Å². The predicted molar refractivity (Wildman–Crippen MR) is 106 cm³/mol. The van der Waals surface area contributed by atoms with Gasteiger partial charge in [-0.15, -0.1) is 0 Å². The number of ether oxygens (including phenoxy) is 2. The van der Waals surface area contributed by atoms with Gasteiger partial charge in [0.05, 0.1) is 18.7 Å². The molecule has 0 amide bonds. The number of thiocarbonyl (C=S) groups is 1. The average Bonchev–Trinajstić information content (AvgIpc) is 2.60. The molecule has 28 heavy (non-hydrogen) atoms. The first-order valence-electron chi connectivity index (χ1n) is 8.69. The van der Waals surface area contributed by atoms with Crippen molar-refractivity contribution in [2.24, 2.45) is 0 Å². The van der Waals surface area contributed by atoms with Crippen molar-refractivity contribution in [3.05, 3.63) is 53.6 Å². The predicted octanol–water partition coefficient (Wildman–Crippen LogP) is 5.30. The third-order valence-electron chi connectivity index (χ3n) is 4.43. The second-order valence-corrected chi connectivity index (χ2v) is 7.61. The Kier molecular flexibility index (Phi) is 5.43. The van der Waals surface area contributed by atoms with Crippen LogP contribution in [-0.2, 0) is 6.18 Å². The van der Waals surface area contributed by atoms with Gasteiger partial charge in [0.25, 0.3) is 0 Å². The van der Waals surface area contributed by atoms with E-state index in [-0.39, 0.29) is 16.8 Å². The van der Waals surface area contributed by atoms with Crippen LogP contribution in [0.1, 0.15) is 37.4 Å². The van der Waals surface area contributed by atoms with Crippen molar-refractivity contribution in [1.82, 2.24) is 5.32 Å². The Labute approximate surface area is 167 Å². The van der Waals surface area contributed by atoms with E-state index in [0.717, 1.165) is 23.4 Å². The van der Waals surface area contributed by atoms with Crippen LogP contribution in [0.4, 0.5) is 18.9 Å².